The van der Waals surface area contributed by atoms with E-state index in [1.807, 2.05) is 49.4 Å². The topological polar surface area (TPSA) is 62.7 Å². The monoisotopic (exact) mass is 521 g/mol. The van der Waals surface area contributed by atoms with E-state index in [4.69, 9.17) is 4.74 Å². The van der Waals surface area contributed by atoms with E-state index in [0.29, 0.717) is 12.2 Å². The summed E-state index contributed by atoms with van der Waals surface area (Å²) in [6.45, 7) is 8.90. The normalized spacial score (nSPS) is 12.7. The second-order valence-electron chi connectivity index (χ2n) is 10.3. The summed E-state index contributed by atoms with van der Waals surface area (Å²) in [5.74, 6) is 0.569. The molecule has 4 aromatic rings. The second kappa shape index (κ2) is 10.8. The number of amides is 1. The number of hydrazone groups is 1. The Balaban J connectivity index is 1.17. The number of nitrogens with one attached hydrogen (secondary N) is 2. The van der Waals surface area contributed by atoms with Crippen molar-refractivity contribution in [3.05, 3.63) is 113 Å². The number of nitrogens with zero attached hydrogens (tertiary/aromatic N) is 1. The predicted octanol–water partition coefficient (Wildman–Crippen LogP) is 7.93. The molecule has 0 spiro atoms. The molecular formula is C32H31N3O2S. The van der Waals surface area contributed by atoms with Crippen molar-refractivity contribution in [2.75, 3.05) is 5.32 Å². The molecule has 0 atom stereocenters. The maximum Gasteiger partial charge on any atom is 0.271 e. The molecular weight excluding hydrogens is 490 g/mol. The number of hydrogen-bond donors (Lipinski definition) is 2. The molecule has 6 heteroatoms. The lowest BCUT2D eigenvalue weighted by Gasteiger charge is -2.21. The molecule has 0 bridgehead atoms. The number of anilines is 2. The van der Waals surface area contributed by atoms with Crippen molar-refractivity contribution < 1.29 is 9.53 Å². The van der Waals surface area contributed by atoms with Crippen molar-refractivity contribution in [1.82, 2.24) is 5.43 Å². The van der Waals surface area contributed by atoms with Crippen LogP contribution in [0.1, 0.15) is 54.7 Å². The Morgan fingerprint density at radius 3 is 2.29 bits per heavy atom. The van der Waals surface area contributed by atoms with Gasteiger partial charge in [-0.2, -0.15) is 5.10 Å². The summed E-state index contributed by atoms with van der Waals surface area (Å²) in [6.07, 6.45) is 0. The van der Waals surface area contributed by atoms with Gasteiger partial charge in [-0.25, -0.2) is 5.43 Å². The highest BCUT2D eigenvalue weighted by atomic mass is 32.2. The van der Waals surface area contributed by atoms with Crippen LogP contribution >= 0.6 is 11.8 Å². The molecule has 0 unspecified atom stereocenters. The number of carbonyl (C=O) groups is 1. The molecule has 1 heterocycles. The Hall–Kier alpha value is -4.03. The standard InChI is InChI=1S/C32H31N3O2S/c1-21(24-13-18-30-28(19-24)33-27-7-5-6-8-29(27)38-30)34-35-31(36)23-11-9-22(10-12-23)20-37-26-16-14-25(15-17-26)32(2,3)4/h5-19,33H,20H2,1-4H3,(H,35,36)/b34-21+. The van der Waals surface area contributed by atoms with E-state index in [-0.39, 0.29) is 11.3 Å². The summed E-state index contributed by atoms with van der Waals surface area (Å²) in [6, 6.07) is 30.0. The first kappa shape index (κ1) is 25.6. The number of benzene rings is 4. The highest BCUT2D eigenvalue weighted by Crippen LogP contribution is 2.44. The van der Waals surface area contributed by atoms with Crippen molar-refractivity contribution in [3.8, 4) is 5.75 Å². The van der Waals surface area contributed by atoms with Crippen LogP contribution in [-0.4, -0.2) is 11.6 Å². The van der Waals surface area contributed by atoms with Gasteiger partial charge in [0.1, 0.15) is 12.4 Å². The van der Waals surface area contributed by atoms with Crippen molar-refractivity contribution in [3.63, 3.8) is 0 Å². The van der Waals surface area contributed by atoms with Crippen LogP contribution < -0.4 is 15.5 Å². The average Bonchev–Trinajstić information content (AvgIpc) is 2.93. The first-order chi connectivity index (χ1) is 18.3. The summed E-state index contributed by atoms with van der Waals surface area (Å²) in [5.41, 5.74) is 9.40. The highest BCUT2D eigenvalue weighted by molar-refractivity contribution is 7.99. The number of rotatable bonds is 6. The minimum absolute atomic E-state index is 0.112. The van der Waals surface area contributed by atoms with Gasteiger partial charge in [-0.15, -0.1) is 0 Å². The Labute approximate surface area is 228 Å². The zero-order valence-electron chi connectivity index (χ0n) is 22.0. The minimum atomic E-state index is -0.254. The third-order valence-electron chi connectivity index (χ3n) is 6.44. The molecule has 2 N–H and O–H groups in total. The van der Waals surface area contributed by atoms with Crippen LogP contribution in [0.5, 0.6) is 5.75 Å². The molecule has 1 aliphatic heterocycles. The predicted molar refractivity (Wildman–Crippen MR) is 156 cm³/mol. The van der Waals surface area contributed by atoms with Crippen molar-refractivity contribution in [2.24, 2.45) is 5.10 Å². The molecule has 4 aromatic carbocycles. The fourth-order valence-electron chi connectivity index (χ4n) is 4.10. The molecule has 0 radical (unpaired) electrons. The maximum absolute atomic E-state index is 12.7. The molecule has 5 rings (SSSR count). The van der Waals surface area contributed by atoms with E-state index in [9.17, 15) is 4.79 Å². The lowest BCUT2D eigenvalue weighted by molar-refractivity contribution is 0.0954. The van der Waals surface area contributed by atoms with Crippen LogP contribution in [0.4, 0.5) is 11.4 Å². The Kier molecular flexibility index (Phi) is 7.25. The molecule has 0 fully saturated rings. The Morgan fingerprint density at radius 1 is 0.868 bits per heavy atom. The SMILES string of the molecule is C/C(=N\NC(=O)c1ccc(COc2ccc(C(C)(C)C)cc2)cc1)c1ccc2c(c1)Nc1ccccc1S2. The van der Waals surface area contributed by atoms with E-state index in [1.165, 1.54) is 10.5 Å². The van der Waals surface area contributed by atoms with Crippen molar-refractivity contribution in [1.29, 1.82) is 0 Å². The third-order valence-corrected chi connectivity index (χ3v) is 7.59. The van der Waals surface area contributed by atoms with Gasteiger partial charge >= 0.3 is 0 Å². The fraction of sp³-hybridized carbons (Fsp3) is 0.188. The summed E-state index contributed by atoms with van der Waals surface area (Å²) in [7, 11) is 0. The zero-order chi connectivity index (χ0) is 26.7. The highest BCUT2D eigenvalue weighted by Gasteiger charge is 2.16. The van der Waals surface area contributed by atoms with Gasteiger partial charge in [0.05, 0.1) is 17.1 Å². The molecule has 0 aliphatic carbocycles. The number of fused-ring (bicyclic) bond motifs is 2. The van der Waals surface area contributed by atoms with Gasteiger partial charge in [0.15, 0.2) is 0 Å². The van der Waals surface area contributed by atoms with Crippen LogP contribution in [0.25, 0.3) is 0 Å². The first-order valence-corrected chi connectivity index (χ1v) is 13.4. The number of para-hydroxylation sites is 1. The number of hydrogen-bond acceptors (Lipinski definition) is 5. The van der Waals surface area contributed by atoms with Crippen molar-refractivity contribution >= 4 is 34.8 Å². The molecule has 1 aliphatic rings. The number of ether oxygens (including phenoxy) is 1. The van der Waals surface area contributed by atoms with Crippen LogP contribution in [0.2, 0.25) is 0 Å². The minimum Gasteiger partial charge on any atom is -0.489 e. The van der Waals surface area contributed by atoms with E-state index in [0.717, 1.165) is 38.9 Å². The smallest absolute Gasteiger partial charge is 0.271 e. The maximum atomic E-state index is 12.7. The third kappa shape index (κ3) is 5.92. The Morgan fingerprint density at radius 2 is 1.55 bits per heavy atom. The molecule has 0 saturated heterocycles. The fourth-order valence-corrected chi connectivity index (χ4v) is 5.07. The van der Waals surface area contributed by atoms with Gasteiger partial charge in [-0.3, -0.25) is 4.79 Å². The summed E-state index contributed by atoms with van der Waals surface area (Å²) >= 11 is 1.74. The second-order valence-corrected chi connectivity index (χ2v) is 11.4. The lowest BCUT2D eigenvalue weighted by Crippen LogP contribution is -2.19. The van der Waals surface area contributed by atoms with Gasteiger partial charge in [-0.1, -0.05) is 75.0 Å². The van der Waals surface area contributed by atoms with Gasteiger partial charge in [-0.05, 0) is 77.6 Å². The summed E-state index contributed by atoms with van der Waals surface area (Å²) in [4.78, 5) is 15.1. The van der Waals surface area contributed by atoms with Crippen LogP contribution in [0.3, 0.4) is 0 Å². The number of carbonyl (C=O) groups excluding carboxylic acids is 1. The molecule has 38 heavy (non-hydrogen) atoms. The van der Waals surface area contributed by atoms with Crippen molar-refractivity contribution in [2.45, 2.75) is 49.5 Å². The largest absolute Gasteiger partial charge is 0.489 e. The van der Waals surface area contributed by atoms with Gasteiger partial charge in [0.25, 0.3) is 5.91 Å². The van der Waals surface area contributed by atoms with E-state index < -0.39 is 0 Å². The molecule has 0 saturated carbocycles. The zero-order valence-corrected chi connectivity index (χ0v) is 22.9. The van der Waals surface area contributed by atoms with Gasteiger partial charge < -0.3 is 10.1 Å². The molecule has 1 amide bonds. The molecule has 0 aromatic heterocycles. The van der Waals surface area contributed by atoms with Crippen LogP contribution in [-0.2, 0) is 12.0 Å². The first-order valence-electron chi connectivity index (χ1n) is 12.6. The van der Waals surface area contributed by atoms with E-state index in [2.05, 4.69) is 73.0 Å². The quantitative estimate of drug-likeness (QED) is 0.176. The van der Waals surface area contributed by atoms with Crippen LogP contribution in [0, 0.1) is 0 Å². The van der Waals surface area contributed by atoms with Gasteiger partial charge in [0.2, 0.25) is 0 Å². The average molecular weight is 522 g/mol. The van der Waals surface area contributed by atoms with E-state index >= 15 is 0 Å². The van der Waals surface area contributed by atoms with E-state index in [1.54, 1.807) is 23.9 Å². The Bertz CT molecular complexity index is 1490. The summed E-state index contributed by atoms with van der Waals surface area (Å²) < 4.78 is 5.92. The lowest BCUT2D eigenvalue weighted by atomic mass is 9.87. The molecule has 192 valence electrons. The van der Waals surface area contributed by atoms with Crippen LogP contribution in [0.15, 0.2) is 106 Å². The van der Waals surface area contributed by atoms with Gasteiger partial charge in [0, 0.05) is 15.4 Å². The summed E-state index contributed by atoms with van der Waals surface area (Å²) in [5, 5.41) is 7.83. The molecule has 5 nitrogen and oxygen atoms in total.